The lowest BCUT2D eigenvalue weighted by Gasteiger charge is -2.14. The number of hydrogen-bond donors (Lipinski definition) is 1. The lowest BCUT2D eigenvalue weighted by molar-refractivity contribution is 0.416. The van der Waals surface area contributed by atoms with Crippen LogP contribution in [0, 0.1) is 6.92 Å². The normalized spacial score (nSPS) is 16.5. The van der Waals surface area contributed by atoms with Crippen molar-refractivity contribution in [2.75, 3.05) is 12.9 Å². The maximum absolute atomic E-state index is 5.30. The monoisotopic (exact) mass is 317 g/mol. The molecule has 0 bridgehead atoms. The molecule has 1 aliphatic heterocycles. The molecular formula is C15H15N3OS2. The second kappa shape index (κ2) is 6.32. The molecule has 0 unspecified atom stereocenters. The number of rotatable bonds is 3. The molecule has 2 heterocycles. The summed E-state index contributed by atoms with van der Waals surface area (Å²) in [5.74, 6) is 1.58. The maximum Gasteiger partial charge on any atom is 0.182 e. The Hall–Kier alpha value is -1.79. The van der Waals surface area contributed by atoms with Crippen molar-refractivity contribution in [3.8, 4) is 5.75 Å². The van der Waals surface area contributed by atoms with Gasteiger partial charge in [-0.15, -0.1) is 11.3 Å². The lowest BCUT2D eigenvalue weighted by atomic mass is 10.3. The molecule has 0 amide bonds. The van der Waals surface area contributed by atoms with E-state index in [2.05, 4.69) is 34.6 Å². The Kier molecular flexibility index (Phi) is 4.26. The quantitative estimate of drug-likeness (QED) is 0.937. The number of nitrogens with one attached hydrogen (secondary N) is 1. The van der Waals surface area contributed by atoms with E-state index < -0.39 is 0 Å². The van der Waals surface area contributed by atoms with Crippen LogP contribution >= 0.6 is 23.1 Å². The maximum atomic E-state index is 5.30. The summed E-state index contributed by atoms with van der Waals surface area (Å²) >= 11 is 3.41. The first kappa shape index (κ1) is 14.2. The Morgan fingerprint density at radius 3 is 2.76 bits per heavy atom. The predicted octanol–water partition coefficient (Wildman–Crippen LogP) is 3.79. The summed E-state index contributed by atoms with van der Waals surface area (Å²) in [6.07, 6.45) is 0. The van der Waals surface area contributed by atoms with Crippen LogP contribution in [0.4, 0.5) is 5.69 Å². The van der Waals surface area contributed by atoms with E-state index >= 15 is 0 Å². The van der Waals surface area contributed by atoms with Crippen molar-refractivity contribution < 1.29 is 4.74 Å². The molecule has 1 aromatic heterocycles. The molecule has 0 aliphatic carbocycles. The minimum Gasteiger partial charge on any atom is -0.494 e. The van der Waals surface area contributed by atoms with Crippen molar-refractivity contribution in [2.45, 2.75) is 6.92 Å². The fourth-order valence-electron chi connectivity index (χ4n) is 1.92. The number of aryl methyl sites for hydroxylation is 1. The topological polar surface area (TPSA) is 46.0 Å². The van der Waals surface area contributed by atoms with E-state index in [-0.39, 0.29) is 0 Å². The molecule has 0 spiro atoms. The van der Waals surface area contributed by atoms with Crippen LogP contribution in [0.25, 0.3) is 0 Å². The van der Waals surface area contributed by atoms with Gasteiger partial charge in [-0.3, -0.25) is 5.43 Å². The van der Waals surface area contributed by atoms with E-state index in [1.807, 2.05) is 24.3 Å². The predicted molar refractivity (Wildman–Crippen MR) is 91.3 cm³/mol. The van der Waals surface area contributed by atoms with Gasteiger partial charge < -0.3 is 4.74 Å². The summed E-state index contributed by atoms with van der Waals surface area (Å²) in [6.45, 7) is 2.10. The van der Waals surface area contributed by atoms with Crippen LogP contribution in [-0.4, -0.2) is 23.7 Å². The van der Waals surface area contributed by atoms with Crippen molar-refractivity contribution in [1.82, 2.24) is 5.43 Å². The third-order valence-electron chi connectivity index (χ3n) is 2.96. The number of hydrazone groups is 1. The number of nitrogens with zero attached hydrogens (tertiary/aromatic N) is 2. The Balaban J connectivity index is 1.78. The van der Waals surface area contributed by atoms with Gasteiger partial charge in [0.15, 0.2) is 5.17 Å². The van der Waals surface area contributed by atoms with E-state index in [1.165, 1.54) is 9.75 Å². The number of aliphatic imine (C=N–C) groups is 1. The molecule has 0 saturated heterocycles. The number of amidine groups is 1. The number of benzene rings is 1. The Labute approximate surface area is 131 Å². The molecule has 21 heavy (non-hydrogen) atoms. The molecule has 1 N–H and O–H groups in total. The average molecular weight is 317 g/mol. The number of methoxy groups -OCH3 is 1. The number of para-hydroxylation sites is 2. The van der Waals surface area contributed by atoms with E-state index in [1.54, 1.807) is 30.2 Å². The summed E-state index contributed by atoms with van der Waals surface area (Å²) in [6, 6.07) is 11.9. The van der Waals surface area contributed by atoms with Crippen LogP contribution in [0.3, 0.4) is 0 Å². The van der Waals surface area contributed by atoms with Crippen molar-refractivity contribution in [1.29, 1.82) is 0 Å². The summed E-state index contributed by atoms with van der Waals surface area (Å²) in [5.41, 5.74) is 4.90. The third-order valence-corrected chi connectivity index (χ3v) is 4.89. The molecule has 1 aliphatic rings. The fraction of sp³-hybridized carbons (Fsp3) is 0.200. The van der Waals surface area contributed by atoms with Gasteiger partial charge in [-0.25, -0.2) is 4.99 Å². The Morgan fingerprint density at radius 2 is 2.10 bits per heavy atom. The van der Waals surface area contributed by atoms with Crippen LogP contribution in [0.2, 0.25) is 0 Å². The highest BCUT2D eigenvalue weighted by atomic mass is 32.2. The molecular weight excluding hydrogens is 302 g/mol. The number of thiophene rings is 1. The average Bonchev–Trinajstić information content (AvgIpc) is 2.95. The van der Waals surface area contributed by atoms with Gasteiger partial charge >= 0.3 is 0 Å². The van der Waals surface area contributed by atoms with Crippen LogP contribution in [0.1, 0.15) is 9.75 Å². The van der Waals surface area contributed by atoms with E-state index in [9.17, 15) is 0 Å². The molecule has 4 nitrogen and oxygen atoms in total. The van der Waals surface area contributed by atoms with E-state index in [0.717, 1.165) is 28.1 Å². The van der Waals surface area contributed by atoms with Gasteiger partial charge in [-0.2, -0.15) is 5.10 Å². The van der Waals surface area contributed by atoms with E-state index in [0.29, 0.717) is 0 Å². The zero-order chi connectivity index (χ0) is 14.7. The molecule has 0 fully saturated rings. The zero-order valence-corrected chi connectivity index (χ0v) is 13.4. The minimum atomic E-state index is 0.760. The largest absolute Gasteiger partial charge is 0.494 e. The van der Waals surface area contributed by atoms with Gasteiger partial charge in [0.2, 0.25) is 0 Å². The molecule has 0 atom stereocenters. The fourth-order valence-corrected chi connectivity index (χ4v) is 3.63. The highest BCUT2D eigenvalue weighted by Crippen LogP contribution is 2.28. The summed E-state index contributed by atoms with van der Waals surface area (Å²) in [5, 5.41) is 5.22. The van der Waals surface area contributed by atoms with Crippen LogP contribution in [-0.2, 0) is 0 Å². The number of ether oxygens (including phenoxy) is 1. The first-order valence-corrected chi connectivity index (χ1v) is 8.30. The van der Waals surface area contributed by atoms with Gasteiger partial charge in [-0.05, 0) is 31.2 Å². The van der Waals surface area contributed by atoms with Crippen molar-refractivity contribution >= 4 is 39.7 Å². The standard InChI is InChI=1S/C15H15N3OS2/c1-10-7-8-14(21-10)12-9-20-15(18-17-12)16-11-5-3-4-6-13(11)19-2/h3-8H,9H2,1-2H3,(H,16,18). The minimum absolute atomic E-state index is 0.760. The summed E-state index contributed by atoms with van der Waals surface area (Å²) < 4.78 is 5.30. The van der Waals surface area contributed by atoms with Crippen LogP contribution < -0.4 is 10.2 Å². The van der Waals surface area contributed by atoms with Crippen molar-refractivity contribution in [3.05, 3.63) is 46.2 Å². The number of thioether (sulfide) groups is 1. The zero-order valence-electron chi connectivity index (χ0n) is 11.8. The third kappa shape index (κ3) is 3.28. The summed E-state index contributed by atoms with van der Waals surface area (Å²) in [4.78, 5) is 7.07. The molecule has 0 radical (unpaired) electrons. The van der Waals surface area contributed by atoms with Gasteiger partial charge in [0.05, 0.1) is 17.7 Å². The van der Waals surface area contributed by atoms with Crippen LogP contribution in [0.5, 0.6) is 5.75 Å². The Bertz CT molecular complexity index is 706. The first-order valence-electron chi connectivity index (χ1n) is 6.50. The molecule has 6 heteroatoms. The van der Waals surface area contributed by atoms with Gasteiger partial charge in [-0.1, -0.05) is 23.9 Å². The summed E-state index contributed by atoms with van der Waals surface area (Å²) in [7, 11) is 1.65. The van der Waals surface area contributed by atoms with Gasteiger partial charge in [0, 0.05) is 10.6 Å². The highest BCUT2D eigenvalue weighted by Gasteiger charge is 2.15. The second-order valence-corrected chi connectivity index (χ2v) is 6.71. The molecule has 1 aromatic carbocycles. The van der Waals surface area contributed by atoms with Crippen molar-refractivity contribution in [2.24, 2.45) is 10.1 Å². The second-order valence-electron chi connectivity index (χ2n) is 4.46. The van der Waals surface area contributed by atoms with Crippen LogP contribution in [0.15, 0.2) is 46.5 Å². The molecule has 0 saturated carbocycles. The van der Waals surface area contributed by atoms with E-state index in [4.69, 9.17) is 4.74 Å². The smallest absolute Gasteiger partial charge is 0.182 e. The lowest BCUT2D eigenvalue weighted by Crippen LogP contribution is -2.24. The Morgan fingerprint density at radius 1 is 1.24 bits per heavy atom. The first-order chi connectivity index (χ1) is 10.3. The SMILES string of the molecule is COc1ccccc1N=C1NN=C(c2ccc(C)s2)CS1. The van der Waals surface area contributed by atoms with Crippen molar-refractivity contribution in [3.63, 3.8) is 0 Å². The molecule has 3 rings (SSSR count). The van der Waals surface area contributed by atoms with Gasteiger partial charge in [0.1, 0.15) is 11.4 Å². The van der Waals surface area contributed by atoms with Gasteiger partial charge in [0.25, 0.3) is 0 Å². The number of hydrogen-bond acceptors (Lipinski definition) is 5. The molecule has 2 aromatic rings. The molecule has 108 valence electrons. The highest BCUT2D eigenvalue weighted by molar-refractivity contribution is 8.14.